The second-order valence-corrected chi connectivity index (χ2v) is 9.85. The van der Waals surface area contributed by atoms with E-state index >= 15 is 0 Å². The van der Waals surface area contributed by atoms with Crippen molar-refractivity contribution in [2.45, 2.75) is 11.8 Å². The number of ether oxygens (including phenoxy) is 1. The summed E-state index contributed by atoms with van der Waals surface area (Å²) in [7, 11) is -3.31. The van der Waals surface area contributed by atoms with Crippen LogP contribution in [-0.2, 0) is 14.6 Å². The Morgan fingerprint density at radius 2 is 1.55 bits per heavy atom. The number of hydrogen-bond acceptors (Lipinski definition) is 5. The Hall–Kier alpha value is -3.42. The maximum Gasteiger partial charge on any atom is 0.338 e. The fourth-order valence-corrected chi connectivity index (χ4v) is 4.13. The largest absolute Gasteiger partial charge is 0.462 e. The van der Waals surface area contributed by atoms with Crippen molar-refractivity contribution in [1.29, 1.82) is 0 Å². The van der Waals surface area contributed by atoms with E-state index in [0.717, 1.165) is 22.5 Å². The van der Waals surface area contributed by atoms with Crippen molar-refractivity contribution >= 4 is 27.4 Å². The number of nitrogens with zero attached hydrogens (tertiary/aromatic N) is 2. The molecule has 0 spiro atoms. The zero-order valence-corrected chi connectivity index (χ0v) is 19.6. The third kappa shape index (κ3) is 4.99. The van der Waals surface area contributed by atoms with Crippen LogP contribution in [0.3, 0.4) is 0 Å². The van der Waals surface area contributed by atoms with Gasteiger partial charge in [0.2, 0.25) is 0 Å². The van der Waals surface area contributed by atoms with Crippen LogP contribution in [0.5, 0.6) is 0 Å². The SMILES string of the molecule is CCOC(=O)c1ccc(-c2cc(-c3ccc(Cl)cc3)nn2-c2ccc(S(C)(=O)=O)cc2)cc1. The molecule has 0 aliphatic rings. The van der Waals surface area contributed by atoms with Crippen LogP contribution >= 0.6 is 11.6 Å². The van der Waals surface area contributed by atoms with Gasteiger partial charge in [0.25, 0.3) is 0 Å². The van der Waals surface area contributed by atoms with Gasteiger partial charge < -0.3 is 4.74 Å². The van der Waals surface area contributed by atoms with E-state index < -0.39 is 9.84 Å². The number of benzene rings is 3. The zero-order valence-electron chi connectivity index (χ0n) is 18.0. The Labute approximate surface area is 197 Å². The first-order valence-corrected chi connectivity index (χ1v) is 12.5. The van der Waals surface area contributed by atoms with E-state index in [1.807, 2.05) is 30.3 Å². The molecule has 0 unspecified atom stereocenters. The summed E-state index contributed by atoms with van der Waals surface area (Å²) in [5.74, 6) is -0.379. The average Bonchev–Trinajstić information content (AvgIpc) is 3.25. The van der Waals surface area contributed by atoms with E-state index in [1.165, 1.54) is 6.26 Å². The summed E-state index contributed by atoms with van der Waals surface area (Å²) in [6.45, 7) is 2.07. The van der Waals surface area contributed by atoms with Gasteiger partial charge >= 0.3 is 5.97 Å². The number of esters is 1. The lowest BCUT2D eigenvalue weighted by atomic mass is 10.1. The molecule has 0 fully saturated rings. The van der Waals surface area contributed by atoms with Gasteiger partial charge in [-0.2, -0.15) is 5.10 Å². The summed E-state index contributed by atoms with van der Waals surface area (Å²) in [5, 5.41) is 5.40. The molecule has 0 amide bonds. The Morgan fingerprint density at radius 3 is 2.12 bits per heavy atom. The van der Waals surface area contributed by atoms with E-state index in [4.69, 9.17) is 21.4 Å². The number of aromatic nitrogens is 2. The molecule has 4 aromatic rings. The molecule has 168 valence electrons. The first-order valence-electron chi connectivity index (χ1n) is 10.2. The van der Waals surface area contributed by atoms with Crippen molar-refractivity contribution in [3.05, 3.63) is 89.4 Å². The molecule has 33 heavy (non-hydrogen) atoms. The molecule has 3 aromatic carbocycles. The average molecular weight is 481 g/mol. The lowest BCUT2D eigenvalue weighted by Gasteiger charge is -2.09. The van der Waals surface area contributed by atoms with E-state index in [2.05, 4.69) is 0 Å². The fraction of sp³-hybridized carbons (Fsp3) is 0.120. The first kappa shape index (κ1) is 22.8. The Morgan fingerprint density at radius 1 is 0.939 bits per heavy atom. The van der Waals surface area contributed by atoms with Crippen LogP contribution in [-0.4, -0.2) is 37.0 Å². The smallest absolute Gasteiger partial charge is 0.338 e. The molecule has 1 aromatic heterocycles. The molecule has 0 saturated heterocycles. The number of rotatable bonds is 6. The Bertz CT molecular complexity index is 1390. The number of carbonyl (C=O) groups is 1. The molecule has 0 saturated carbocycles. The Balaban J connectivity index is 1.81. The molecule has 0 aliphatic heterocycles. The molecule has 8 heteroatoms. The van der Waals surface area contributed by atoms with Gasteiger partial charge in [-0.1, -0.05) is 35.9 Å². The standard InChI is InChI=1S/C25H21ClN2O4S/c1-3-32-25(29)19-6-4-18(5-7-19)24-16-23(17-8-10-20(26)11-9-17)27-28(24)21-12-14-22(15-13-21)33(2,30)31/h4-16H,3H2,1-2H3. The molecule has 0 radical (unpaired) electrons. The number of sulfone groups is 1. The van der Waals surface area contributed by atoms with Gasteiger partial charge in [0.05, 0.1) is 34.1 Å². The third-order valence-corrected chi connectivity index (χ3v) is 6.43. The molecule has 0 aliphatic carbocycles. The lowest BCUT2D eigenvalue weighted by Crippen LogP contribution is -2.04. The second kappa shape index (κ2) is 9.21. The van der Waals surface area contributed by atoms with Crippen LogP contribution in [0.2, 0.25) is 5.02 Å². The van der Waals surface area contributed by atoms with Crippen molar-refractivity contribution in [3.63, 3.8) is 0 Å². The van der Waals surface area contributed by atoms with Crippen LogP contribution in [0.15, 0.2) is 83.8 Å². The number of carbonyl (C=O) groups excluding carboxylic acids is 1. The molecular weight excluding hydrogens is 460 g/mol. The van der Waals surface area contributed by atoms with Gasteiger partial charge in [-0.25, -0.2) is 17.9 Å². The highest BCUT2D eigenvalue weighted by molar-refractivity contribution is 7.90. The fourth-order valence-electron chi connectivity index (χ4n) is 3.37. The van der Waals surface area contributed by atoms with Gasteiger partial charge in [0, 0.05) is 22.4 Å². The van der Waals surface area contributed by atoms with Crippen LogP contribution in [0.1, 0.15) is 17.3 Å². The minimum Gasteiger partial charge on any atom is -0.462 e. The number of hydrogen-bond donors (Lipinski definition) is 0. The molecule has 0 bridgehead atoms. The van der Waals surface area contributed by atoms with Gasteiger partial charge in [-0.05, 0) is 61.5 Å². The Kier molecular flexibility index (Phi) is 6.35. The van der Waals surface area contributed by atoms with Crippen molar-refractivity contribution in [2.24, 2.45) is 0 Å². The molecule has 4 rings (SSSR count). The van der Waals surface area contributed by atoms with E-state index in [9.17, 15) is 13.2 Å². The second-order valence-electron chi connectivity index (χ2n) is 7.40. The first-order chi connectivity index (χ1) is 15.8. The molecule has 1 heterocycles. The monoisotopic (exact) mass is 480 g/mol. The summed E-state index contributed by atoms with van der Waals surface area (Å²) in [6, 6.07) is 22.9. The highest BCUT2D eigenvalue weighted by atomic mass is 35.5. The summed E-state index contributed by atoms with van der Waals surface area (Å²) in [4.78, 5) is 12.2. The van der Waals surface area contributed by atoms with Gasteiger partial charge in [0.15, 0.2) is 9.84 Å². The van der Waals surface area contributed by atoms with Crippen LogP contribution in [0.4, 0.5) is 0 Å². The molecule has 0 atom stereocenters. The predicted molar refractivity (Wildman–Crippen MR) is 129 cm³/mol. The van der Waals surface area contributed by atoms with E-state index in [1.54, 1.807) is 60.1 Å². The normalized spacial score (nSPS) is 11.4. The van der Waals surface area contributed by atoms with Gasteiger partial charge in [0.1, 0.15) is 0 Å². The maximum absolute atomic E-state index is 12.0. The van der Waals surface area contributed by atoms with E-state index in [-0.39, 0.29) is 10.9 Å². The summed E-state index contributed by atoms with van der Waals surface area (Å²) < 4.78 is 30.5. The minimum absolute atomic E-state index is 0.233. The topological polar surface area (TPSA) is 78.3 Å². The predicted octanol–water partition coefficient (Wildman–Crippen LogP) is 5.44. The third-order valence-electron chi connectivity index (χ3n) is 5.05. The molecule has 0 N–H and O–H groups in total. The minimum atomic E-state index is -3.31. The number of halogens is 1. The summed E-state index contributed by atoms with van der Waals surface area (Å²) >= 11 is 6.03. The summed E-state index contributed by atoms with van der Waals surface area (Å²) in [6.07, 6.45) is 1.17. The van der Waals surface area contributed by atoms with E-state index in [0.29, 0.717) is 22.9 Å². The van der Waals surface area contributed by atoms with Gasteiger partial charge in [-0.15, -0.1) is 0 Å². The van der Waals surface area contributed by atoms with Crippen molar-refractivity contribution < 1.29 is 17.9 Å². The highest BCUT2D eigenvalue weighted by Gasteiger charge is 2.15. The van der Waals surface area contributed by atoms with Crippen LogP contribution in [0, 0.1) is 0 Å². The van der Waals surface area contributed by atoms with Crippen molar-refractivity contribution in [3.8, 4) is 28.2 Å². The van der Waals surface area contributed by atoms with Crippen LogP contribution in [0.25, 0.3) is 28.2 Å². The summed E-state index contributed by atoms with van der Waals surface area (Å²) in [5.41, 5.74) is 4.39. The van der Waals surface area contributed by atoms with Gasteiger partial charge in [-0.3, -0.25) is 0 Å². The highest BCUT2D eigenvalue weighted by Crippen LogP contribution is 2.30. The quantitative estimate of drug-likeness (QED) is 0.343. The van der Waals surface area contributed by atoms with Crippen molar-refractivity contribution in [2.75, 3.05) is 12.9 Å². The zero-order chi connectivity index (χ0) is 23.6. The van der Waals surface area contributed by atoms with Crippen LogP contribution < -0.4 is 0 Å². The lowest BCUT2D eigenvalue weighted by molar-refractivity contribution is 0.0526. The maximum atomic E-state index is 12.0. The van der Waals surface area contributed by atoms with Crippen molar-refractivity contribution in [1.82, 2.24) is 9.78 Å². The molecule has 6 nitrogen and oxygen atoms in total. The molecular formula is C25H21ClN2O4S.